The number of esters is 2. The Bertz CT molecular complexity index is 1870. The van der Waals surface area contributed by atoms with E-state index >= 15 is 0 Å². The van der Waals surface area contributed by atoms with Gasteiger partial charge in [0.1, 0.15) is 11.5 Å². The highest BCUT2D eigenvalue weighted by atomic mass is 16.5. The van der Waals surface area contributed by atoms with Gasteiger partial charge < -0.3 is 24.4 Å². The number of ether oxygens (including phenoxy) is 2. The number of ketones is 2. The van der Waals surface area contributed by atoms with E-state index in [1.807, 2.05) is 37.5 Å². The molecule has 0 aliphatic rings. The zero-order valence-corrected chi connectivity index (χ0v) is 27.5. The van der Waals surface area contributed by atoms with Crippen molar-refractivity contribution in [2.45, 2.75) is 27.7 Å². The fourth-order valence-electron chi connectivity index (χ4n) is 5.41. The molecule has 4 aromatic carbocycles. The fourth-order valence-corrected chi connectivity index (χ4v) is 5.41. The van der Waals surface area contributed by atoms with Crippen LogP contribution in [0.15, 0.2) is 84.9 Å². The summed E-state index contributed by atoms with van der Waals surface area (Å²) in [5.74, 6) is -0.851. The SMILES string of the molecule is C#CCOC(=O)c1ccccc1C(=O)c1ccc(N(CC)CC)cc1OC(=O)c1ccccc1C(=O)c1ccc(N(CC)CC)cc1O. The van der Waals surface area contributed by atoms with Gasteiger partial charge in [-0.2, -0.15) is 0 Å². The Balaban J connectivity index is 1.75. The molecule has 1 N–H and O–H groups in total. The van der Waals surface area contributed by atoms with Crippen LogP contribution in [0.2, 0.25) is 0 Å². The Morgan fingerprint density at radius 1 is 0.625 bits per heavy atom. The van der Waals surface area contributed by atoms with Crippen molar-refractivity contribution in [1.29, 1.82) is 0 Å². The van der Waals surface area contributed by atoms with Crippen molar-refractivity contribution in [2.24, 2.45) is 0 Å². The van der Waals surface area contributed by atoms with Crippen molar-refractivity contribution in [2.75, 3.05) is 42.6 Å². The van der Waals surface area contributed by atoms with Crippen LogP contribution in [0.25, 0.3) is 0 Å². The van der Waals surface area contributed by atoms with E-state index in [0.717, 1.165) is 18.8 Å². The van der Waals surface area contributed by atoms with Gasteiger partial charge in [0, 0.05) is 60.8 Å². The molecule has 0 spiro atoms. The molecule has 4 rings (SSSR count). The second-order valence-corrected chi connectivity index (χ2v) is 10.6. The predicted molar refractivity (Wildman–Crippen MR) is 185 cm³/mol. The molecule has 0 amide bonds. The molecule has 0 heterocycles. The molecule has 0 saturated carbocycles. The van der Waals surface area contributed by atoms with E-state index in [1.165, 1.54) is 42.5 Å². The van der Waals surface area contributed by atoms with Gasteiger partial charge in [0.2, 0.25) is 0 Å². The van der Waals surface area contributed by atoms with Crippen LogP contribution in [0.3, 0.4) is 0 Å². The molecular formula is C39H38N2O7. The molecule has 0 aromatic heterocycles. The van der Waals surface area contributed by atoms with Crippen molar-refractivity contribution < 1.29 is 33.8 Å². The maximum absolute atomic E-state index is 14.0. The van der Waals surface area contributed by atoms with E-state index in [9.17, 15) is 24.3 Å². The fraction of sp³-hybridized carbons (Fsp3) is 0.231. The maximum atomic E-state index is 14.0. The first-order valence-corrected chi connectivity index (χ1v) is 15.8. The highest BCUT2D eigenvalue weighted by molar-refractivity contribution is 6.18. The van der Waals surface area contributed by atoms with E-state index in [0.29, 0.717) is 18.8 Å². The number of hydrogen-bond acceptors (Lipinski definition) is 9. The quantitative estimate of drug-likeness (QED) is 0.0705. The van der Waals surface area contributed by atoms with Crippen LogP contribution in [0.1, 0.15) is 80.3 Å². The van der Waals surface area contributed by atoms with Gasteiger partial charge in [-0.15, -0.1) is 6.42 Å². The van der Waals surface area contributed by atoms with Crippen LogP contribution >= 0.6 is 0 Å². The van der Waals surface area contributed by atoms with E-state index in [2.05, 4.69) is 5.92 Å². The van der Waals surface area contributed by atoms with Crippen molar-refractivity contribution in [3.05, 3.63) is 118 Å². The Kier molecular flexibility index (Phi) is 11.7. The second-order valence-electron chi connectivity index (χ2n) is 10.6. The van der Waals surface area contributed by atoms with Gasteiger partial charge in [0.25, 0.3) is 0 Å². The molecule has 0 unspecified atom stereocenters. The third-order valence-electron chi connectivity index (χ3n) is 7.97. The lowest BCUT2D eigenvalue weighted by atomic mass is 9.96. The van der Waals surface area contributed by atoms with Crippen molar-refractivity contribution in [3.63, 3.8) is 0 Å². The molecular weight excluding hydrogens is 608 g/mol. The van der Waals surface area contributed by atoms with Crippen LogP contribution in [0.5, 0.6) is 11.5 Å². The van der Waals surface area contributed by atoms with E-state index in [1.54, 1.807) is 42.5 Å². The first kappa shape index (κ1) is 35.0. The Morgan fingerprint density at radius 3 is 1.58 bits per heavy atom. The number of carbonyl (C=O) groups excluding carboxylic acids is 4. The highest BCUT2D eigenvalue weighted by Crippen LogP contribution is 2.32. The lowest BCUT2D eigenvalue weighted by molar-refractivity contribution is 0.0553. The van der Waals surface area contributed by atoms with Gasteiger partial charge in [-0.3, -0.25) is 9.59 Å². The number of nitrogens with zero attached hydrogens (tertiary/aromatic N) is 2. The number of anilines is 2. The molecule has 0 bridgehead atoms. The lowest BCUT2D eigenvalue weighted by Crippen LogP contribution is -2.23. The number of terminal acetylenes is 1. The first-order chi connectivity index (χ1) is 23.2. The number of aromatic hydroxyl groups is 1. The standard InChI is InChI=1S/C39H38N2O7/c1-6-23-47-38(45)30-17-13-11-15-28(30)37(44)33-22-20-27(41(9-4)10-5)25-35(33)48-39(46)31-18-14-12-16-29(31)36(43)32-21-19-26(24-34(32)42)40(7-2)8-3/h1,11-22,24-25,42H,7-10,23H2,2-5H3. The molecule has 4 aromatic rings. The molecule has 0 atom stereocenters. The van der Waals surface area contributed by atoms with Crippen LogP contribution in [-0.4, -0.2) is 61.4 Å². The molecule has 0 fully saturated rings. The number of hydrogen-bond donors (Lipinski definition) is 1. The zero-order chi connectivity index (χ0) is 34.8. The smallest absolute Gasteiger partial charge is 0.344 e. The highest BCUT2D eigenvalue weighted by Gasteiger charge is 2.26. The average molecular weight is 647 g/mol. The minimum Gasteiger partial charge on any atom is -0.507 e. The monoisotopic (exact) mass is 646 g/mol. The van der Waals surface area contributed by atoms with Crippen LogP contribution in [0.4, 0.5) is 11.4 Å². The Morgan fingerprint density at radius 2 is 1.08 bits per heavy atom. The number of rotatable bonds is 14. The molecule has 9 heteroatoms. The average Bonchev–Trinajstić information content (AvgIpc) is 3.11. The molecule has 0 saturated heterocycles. The zero-order valence-electron chi connectivity index (χ0n) is 27.5. The molecule has 9 nitrogen and oxygen atoms in total. The number of benzene rings is 4. The topological polar surface area (TPSA) is 113 Å². The van der Waals surface area contributed by atoms with Gasteiger partial charge in [0.15, 0.2) is 18.2 Å². The van der Waals surface area contributed by atoms with Crippen LogP contribution in [0, 0.1) is 12.3 Å². The Hall–Kier alpha value is -5.88. The van der Waals surface area contributed by atoms with Crippen LogP contribution < -0.4 is 14.5 Å². The summed E-state index contributed by atoms with van der Waals surface area (Å²) >= 11 is 0. The molecule has 0 radical (unpaired) electrons. The second kappa shape index (κ2) is 16.1. The third kappa shape index (κ3) is 7.56. The van der Waals surface area contributed by atoms with E-state index < -0.39 is 23.5 Å². The van der Waals surface area contributed by atoms with Gasteiger partial charge in [-0.05, 0) is 64.1 Å². The summed E-state index contributed by atoms with van der Waals surface area (Å²) in [5, 5.41) is 10.8. The summed E-state index contributed by atoms with van der Waals surface area (Å²) in [7, 11) is 0. The first-order valence-electron chi connectivity index (χ1n) is 15.8. The number of phenols is 1. The molecule has 48 heavy (non-hydrogen) atoms. The van der Waals surface area contributed by atoms with Crippen molar-refractivity contribution >= 4 is 34.9 Å². The third-order valence-corrected chi connectivity index (χ3v) is 7.97. The van der Waals surface area contributed by atoms with Gasteiger partial charge in [0.05, 0.1) is 22.3 Å². The number of phenolic OH excluding ortho intramolecular Hbond substituents is 1. The summed E-state index contributed by atoms with van der Waals surface area (Å²) in [5.41, 5.74) is 1.50. The summed E-state index contributed by atoms with van der Waals surface area (Å²) in [4.78, 5) is 58.3. The van der Waals surface area contributed by atoms with E-state index in [-0.39, 0.29) is 51.5 Å². The van der Waals surface area contributed by atoms with E-state index in [4.69, 9.17) is 15.9 Å². The number of carbonyl (C=O) groups is 4. The Labute approximate surface area is 280 Å². The summed E-state index contributed by atoms with van der Waals surface area (Å²) < 4.78 is 11.0. The minimum absolute atomic E-state index is 0.00519. The largest absolute Gasteiger partial charge is 0.507 e. The summed E-state index contributed by atoms with van der Waals surface area (Å²) in [6.07, 6.45) is 5.23. The van der Waals surface area contributed by atoms with Crippen molar-refractivity contribution in [3.8, 4) is 23.8 Å². The molecule has 0 aliphatic carbocycles. The summed E-state index contributed by atoms with van der Waals surface area (Å²) in [6, 6.07) is 21.9. The maximum Gasteiger partial charge on any atom is 0.344 e. The summed E-state index contributed by atoms with van der Waals surface area (Å²) in [6.45, 7) is 10.4. The normalized spacial score (nSPS) is 10.5. The van der Waals surface area contributed by atoms with Crippen molar-refractivity contribution in [1.82, 2.24) is 0 Å². The van der Waals surface area contributed by atoms with Gasteiger partial charge in [-0.1, -0.05) is 42.3 Å². The predicted octanol–water partition coefficient (Wildman–Crippen LogP) is 6.56. The lowest BCUT2D eigenvalue weighted by Gasteiger charge is -2.22. The van der Waals surface area contributed by atoms with Gasteiger partial charge >= 0.3 is 11.9 Å². The molecule has 246 valence electrons. The molecule has 0 aliphatic heterocycles. The minimum atomic E-state index is -0.884. The van der Waals surface area contributed by atoms with Crippen LogP contribution in [-0.2, 0) is 4.74 Å². The van der Waals surface area contributed by atoms with Gasteiger partial charge in [-0.25, -0.2) is 9.59 Å².